The van der Waals surface area contributed by atoms with E-state index >= 15 is 0 Å². The molecule has 0 aliphatic carbocycles. The highest BCUT2D eigenvalue weighted by molar-refractivity contribution is 14.0. The van der Waals surface area contributed by atoms with E-state index in [0.29, 0.717) is 12.5 Å². The molecule has 3 N–H and O–H groups in total. The number of halogens is 1. The molecule has 1 heterocycles. The Morgan fingerprint density at radius 1 is 1.14 bits per heavy atom. The standard InChI is InChI=1S/C17H17N3O.HI/c1-12-6-8-14(9-7-12)20-17(18)19-11-15-10-13-4-2-3-5-16(13)21-15;/h2-10H,11H2,1H3,(H3,18,19,20);1H. The molecule has 0 saturated heterocycles. The summed E-state index contributed by atoms with van der Waals surface area (Å²) in [5, 5.41) is 4.14. The lowest BCUT2D eigenvalue weighted by Crippen LogP contribution is -2.22. The minimum Gasteiger partial charge on any atom is -0.459 e. The molecule has 1 aromatic heterocycles. The zero-order valence-corrected chi connectivity index (χ0v) is 14.6. The maximum atomic E-state index is 5.88. The summed E-state index contributed by atoms with van der Waals surface area (Å²) >= 11 is 0. The van der Waals surface area contributed by atoms with Crippen LogP contribution in [-0.2, 0) is 6.54 Å². The van der Waals surface area contributed by atoms with E-state index in [0.717, 1.165) is 22.4 Å². The highest BCUT2D eigenvalue weighted by atomic mass is 127. The number of nitrogens with zero attached hydrogens (tertiary/aromatic N) is 1. The number of aryl methyl sites for hydroxylation is 1. The Kier molecular flexibility index (Phi) is 5.43. The van der Waals surface area contributed by atoms with Crippen molar-refractivity contribution in [3.63, 3.8) is 0 Å². The van der Waals surface area contributed by atoms with E-state index in [1.807, 2.05) is 61.5 Å². The SMILES string of the molecule is Cc1ccc(NC(N)=NCc2cc3ccccc3o2)cc1.I. The van der Waals surface area contributed by atoms with Crippen LogP contribution in [0, 0.1) is 6.92 Å². The lowest BCUT2D eigenvalue weighted by molar-refractivity contribution is 0.553. The second-order valence-corrected chi connectivity index (χ2v) is 4.94. The molecule has 22 heavy (non-hydrogen) atoms. The molecule has 0 amide bonds. The first-order valence-corrected chi connectivity index (χ1v) is 6.82. The fourth-order valence-electron chi connectivity index (χ4n) is 2.10. The molecule has 4 nitrogen and oxygen atoms in total. The van der Waals surface area contributed by atoms with Crippen molar-refractivity contribution in [2.75, 3.05) is 5.32 Å². The second-order valence-electron chi connectivity index (χ2n) is 4.94. The topological polar surface area (TPSA) is 63.5 Å². The summed E-state index contributed by atoms with van der Waals surface area (Å²) in [5.41, 5.74) is 8.88. The molecular formula is C17H18IN3O. The van der Waals surface area contributed by atoms with Gasteiger partial charge in [0.15, 0.2) is 5.96 Å². The smallest absolute Gasteiger partial charge is 0.193 e. The molecule has 0 aliphatic heterocycles. The van der Waals surface area contributed by atoms with E-state index < -0.39 is 0 Å². The first-order chi connectivity index (χ1) is 10.2. The van der Waals surface area contributed by atoms with Gasteiger partial charge in [-0.05, 0) is 31.2 Å². The van der Waals surface area contributed by atoms with Crippen LogP contribution in [0.3, 0.4) is 0 Å². The van der Waals surface area contributed by atoms with Crippen molar-refractivity contribution >= 4 is 46.6 Å². The summed E-state index contributed by atoms with van der Waals surface area (Å²) in [6.45, 7) is 2.46. The van der Waals surface area contributed by atoms with Gasteiger partial charge in [0.25, 0.3) is 0 Å². The Morgan fingerprint density at radius 3 is 2.59 bits per heavy atom. The van der Waals surface area contributed by atoms with Crippen molar-refractivity contribution in [3.8, 4) is 0 Å². The molecule has 3 aromatic rings. The van der Waals surface area contributed by atoms with Gasteiger partial charge in [-0.2, -0.15) is 0 Å². The number of nitrogens with two attached hydrogens (primary N) is 1. The molecule has 0 radical (unpaired) electrons. The fourth-order valence-corrected chi connectivity index (χ4v) is 2.10. The van der Waals surface area contributed by atoms with Crippen LogP contribution in [0.2, 0.25) is 0 Å². The zero-order valence-electron chi connectivity index (χ0n) is 12.2. The third-order valence-electron chi connectivity index (χ3n) is 3.21. The first-order valence-electron chi connectivity index (χ1n) is 6.82. The summed E-state index contributed by atoms with van der Waals surface area (Å²) in [5.74, 6) is 1.17. The lowest BCUT2D eigenvalue weighted by Gasteiger charge is -2.05. The number of hydrogen-bond acceptors (Lipinski definition) is 2. The van der Waals surface area contributed by atoms with E-state index in [1.165, 1.54) is 5.56 Å². The van der Waals surface area contributed by atoms with Gasteiger partial charge in [0, 0.05) is 11.1 Å². The minimum atomic E-state index is 0. The van der Waals surface area contributed by atoms with E-state index in [4.69, 9.17) is 10.2 Å². The molecule has 0 unspecified atom stereocenters. The number of fused-ring (bicyclic) bond motifs is 1. The van der Waals surface area contributed by atoms with Crippen LogP contribution in [0.4, 0.5) is 5.69 Å². The van der Waals surface area contributed by atoms with E-state index in [2.05, 4.69) is 10.3 Å². The van der Waals surface area contributed by atoms with Crippen molar-refractivity contribution in [3.05, 3.63) is 65.9 Å². The number of guanidine groups is 1. The van der Waals surface area contributed by atoms with Crippen molar-refractivity contribution < 1.29 is 4.42 Å². The second kappa shape index (κ2) is 7.31. The Balaban J connectivity index is 0.00000176. The van der Waals surface area contributed by atoms with Gasteiger partial charge in [-0.1, -0.05) is 35.9 Å². The average molecular weight is 407 g/mol. The lowest BCUT2D eigenvalue weighted by atomic mass is 10.2. The molecule has 0 spiro atoms. The van der Waals surface area contributed by atoms with Crippen LogP contribution < -0.4 is 11.1 Å². The maximum Gasteiger partial charge on any atom is 0.193 e. The molecule has 5 heteroatoms. The third kappa shape index (κ3) is 4.00. The molecule has 0 saturated carbocycles. The fraction of sp³-hybridized carbons (Fsp3) is 0.118. The average Bonchev–Trinajstić information content (AvgIpc) is 2.90. The Labute approximate surface area is 146 Å². The van der Waals surface area contributed by atoms with Gasteiger partial charge >= 0.3 is 0 Å². The van der Waals surface area contributed by atoms with E-state index in [1.54, 1.807) is 0 Å². The summed E-state index contributed by atoms with van der Waals surface area (Å²) in [6, 6.07) is 17.9. The van der Waals surface area contributed by atoms with Crippen molar-refractivity contribution in [2.24, 2.45) is 10.7 Å². The van der Waals surface area contributed by atoms with E-state index in [9.17, 15) is 0 Å². The highest BCUT2D eigenvalue weighted by Crippen LogP contribution is 2.19. The predicted molar refractivity (Wildman–Crippen MR) is 102 cm³/mol. The normalized spacial score (nSPS) is 11.2. The number of hydrogen-bond donors (Lipinski definition) is 2. The van der Waals surface area contributed by atoms with Gasteiger partial charge in [0.05, 0.1) is 0 Å². The molecule has 0 bridgehead atoms. The number of nitrogens with one attached hydrogen (secondary N) is 1. The Bertz CT molecular complexity index is 745. The number of rotatable bonds is 3. The van der Waals surface area contributed by atoms with Crippen LogP contribution in [0.15, 0.2) is 64.0 Å². The summed E-state index contributed by atoms with van der Waals surface area (Å²) in [4.78, 5) is 4.30. The number of para-hydroxylation sites is 1. The van der Waals surface area contributed by atoms with Gasteiger partial charge in [0.2, 0.25) is 0 Å². The van der Waals surface area contributed by atoms with Gasteiger partial charge in [-0.15, -0.1) is 24.0 Å². The third-order valence-corrected chi connectivity index (χ3v) is 3.21. The van der Waals surface area contributed by atoms with Crippen molar-refractivity contribution in [1.29, 1.82) is 0 Å². The molecule has 2 aromatic carbocycles. The first kappa shape index (κ1) is 16.4. The van der Waals surface area contributed by atoms with Crippen molar-refractivity contribution in [2.45, 2.75) is 13.5 Å². The van der Waals surface area contributed by atoms with Crippen LogP contribution in [0.25, 0.3) is 11.0 Å². The van der Waals surface area contributed by atoms with Crippen molar-refractivity contribution in [1.82, 2.24) is 0 Å². The molecule has 114 valence electrons. The minimum absolute atomic E-state index is 0. The predicted octanol–water partition coefficient (Wildman–Crippen LogP) is 4.29. The molecule has 0 aliphatic rings. The van der Waals surface area contributed by atoms with Gasteiger partial charge in [-0.3, -0.25) is 0 Å². The zero-order chi connectivity index (χ0) is 14.7. The summed E-state index contributed by atoms with van der Waals surface area (Å²) in [6.07, 6.45) is 0. The number of aliphatic imine (C=N–C) groups is 1. The van der Waals surface area contributed by atoms with Crippen LogP contribution >= 0.6 is 24.0 Å². The van der Waals surface area contributed by atoms with Gasteiger partial charge < -0.3 is 15.5 Å². The summed E-state index contributed by atoms with van der Waals surface area (Å²) in [7, 11) is 0. The number of benzene rings is 2. The van der Waals surface area contributed by atoms with Gasteiger partial charge in [-0.25, -0.2) is 4.99 Å². The van der Waals surface area contributed by atoms with Crippen LogP contribution in [0.1, 0.15) is 11.3 Å². The van der Waals surface area contributed by atoms with Gasteiger partial charge in [0.1, 0.15) is 17.9 Å². The molecular weight excluding hydrogens is 389 g/mol. The van der Waals surface area contributed by atoms with Crippen LogP contribution in [-0.4, -0.2) is 5.96 Å². The maximum absolute atomic E-state index is 5.88. The Morgan fingerprint density at radius 2 is 1.86 bits per heavy atom. The monoisotopic (exact) mass is 407 g/mol. The van der Waals surface area contributed by atoms with Crippen LogP contribution in [0.5, 0.6) is 0 Å². The molecule has 3 rings (SSSR count). The Hall–Kier alpha value is -2.02. The quantitative estimate of drug-likeness (QED) is 0.387. The number of furan rings is 1. The molecule has 0 fully saturated rings. The highest BCUT2D eigenvalue weighted by Gasteiger charge is 2.02. The largest absolute Gasteiger partial charge is 0.459 e. The molecule has 0 atom stereocenters. The summed E-state index contributed by atoms with van der Waals surface area (Å²) < 4.78 is 5.69. The number of anilines is 1. The van der Waals surface area contributed by atoms with E-state index in [-0.39, 0.29) is 24.0 Å².